The van der Waals surface area contributed by atoms with Crippen LogP contribution in [0.3, 0.4) is 0 Å². The quantitative estimate of drug-likeness (QED) is 0.130. The van der Waals surface area contributed by atoms with Crippen LogP contribution in [0.15, 0.2) is 93.7 Å². The molecule has 0 aromatic rings. The second-order valence-corrected chi connectivity index (χ2v) is 7.27. The zero-order chi connectivity index (χ0) is 21.9. The average molecular weight is 393 g/mol. The number of unbranched alkanes of at least 4 members (excludes halogenated alkanes) is 2. The van der Waals surface area contributed by atoms with Gasteiger partial charge in [0.1, 0.15) is 6.34 Å². The van der Waals surface area contributed by atoms with Gasteiger partial charge in [0.25, 0.3) is 0 Å². The monoisotopic (exact) mass is 392 g/mol. The van der Waals surface area contributed by atoms with Gasteiger partial charge in [-0.3, -0.25) is 0 Å². The molecular weight excluding hydrogens is 352 g/mol. The summed E-state index contributed by atoms with van der Waals surface area (Å²) in [5, 5.41) is 0. The van der Waals surface area contributed by atoms with Crippen molar-refractivity contribution in [2.24, 2.45) is 9.98 Å². The van der Waals surface area contributed by atoms with Gasteiger partial charge in [0, 0.05) is 17.8 Å². The lowest BCUT2D eigenvalue weighted by Crippen LogP contribution is -1.99. The summed E-state index contributed by atoms with van der Waals surface area (Å²) < 4.78 is 0. The van der Waals surface area contributed by atoms with Gasteiger partial charge in [-0.2, -0.15) is 0 Å². The molecule has 0 amide bonds. The Hall–Kier alpha value is -2.48. The fraction of sp³-hybridized carbons (Fsp3) is 0.407. The molecule has 2 heteroatoms. The van der Waals surface area contributed by atoms with Gasteiger partial charge in [-0.1, -0.05) is 80.2 Å². The van der Waals surface area contributed by atoms with E-state index in [9.17, 15) is 0 Å². The van der Waals surface area contributed by atoms with Crippen LogP contribution in [0.4, 0.5) is 0 Å². The summed E-state index contributed by atoms with van der Waals surface area (Å²) in [7, 11) is 0. The number of rotatable bonds is 13. The van der Waals surface area contributed by atoms with Crippen LogP contribution in [0.2, 0.25) is 0 Å². The summed E-state index contributed by atoms with van der Waals surface area (Å²) in [6, 6.07) is 0. The third kappa shape index (κ3) is 15.2. The zero-order valence-electron chi connectivity index (χ0n) is 19.4. The molecule has 0 heterocycles. The van der Waals surface area contributed by atoms with Crippen LogP contribution >= 0.6 is 0 Å². The van der Waals surface area contributed by atoms with Crippen LogP contribution in [-0.4, -0.2) is 12.1 Å². The number of hydrogen-bond donors (Lipinski definition) is 0. The van der Waals surface area contributed by atoms with Gasteiger partial charge in [-0.25, -0.2) is 9.98 Å². The molecule has 0 aromatic carbocycles. The van der Waals surface area contributed by atoms with Crippen molar-refractivity contribution >= 4 is 12.1 Å². The summed E-state index contributed by atoms with van der Waals surface area (Å²) in [5.74, 6) is 0. The second-order valence-electron chi connectivity index (χ2n) is 7.27. The number of nitrogens with zero attached hydrogens (tertiary/aromatic N) is 2. The van der Waals surface area contributed by atoms with Gasteiger partial charge in [0.05, 0.1) is 0 Å². The number of aliphatic imine (C=N–C) groups is 2. The maximum absolute atomic E-state index is 4.43. The molecule has 0 atom stereocenters. The molecule has 0 spiro atoms. The Balaban J connectivity index is 5.04. The largest absolute Gasteiger partial charge is 0.246 e. The number of hydrogen-bond acceptors (Lipinski definition) is 1. The fourth-order valence-electron chi connectivity index (χ4n) is 2.51. The highest BCUT2D eigenvalue weighted by molar-refractivity contribution is 5.91. The lowest BCUT2D eigenvalue weighted by Gasteiger charge is -2.11. The first kappa shape index (κ1) is 26.5. The van der Waals surface area contributed by atoms with E-state index in [4.69, 9.17) is 0 Å². The lowest BCUT2D eigenvalue weighted by atomic mass is 9.95. The molecule has 0 aliphatic heterocycles. The van der Waals surface area contributed by atoms with Crippen LogP contribution in [0.25, 0.3) is 0 Å². The standard InChI is InChI=1S/C27H40N2/c1-8-10-11-12-13-14-15-16-17-18-20-26(19-9-2)27(23(3)4)21-25(7)29-22-28-24(5)6/h9,11-14,17-20,22H,5,8,10,15-16,21H2,1-4,6-7H3/b12-11-,14-13-,18-17+,19-9-,26-20+,28-22?,29-25?. The molecule has 0 unspecified atom stereocenters. The van der Waals surface area contributed by atoms with E-state index in [2.05, 4.69) is 98.9 Å². The van der Waals surface area contributed by atoms with Crippen LogP contribution in [0.1, 0.15) is 73.6 Å². The summed E-state index contributed by atoms with van der Waals surface area (Å²) in [6.45, 7) is 16.2. The molecule has 158 valence electrons. The average Bonchev–Trinajstić information content (AvgIpc) is 2.66. The second kappa shape index (κ2) is 17.6. The topological polar surface area (TPSA) is 24.7 Å². The first-order chi connectivity index (χ1) is 13.9. The van der Waals surface area contributed by atoms with Crippen molar-refractivity contribution in [3.05, 3.63) is 83.7 Å². The van der Waals surface area contributed by atoms with Crippen molar-refractivity contribution in [2.75, 3.05) is 0 Å². The van der Waals surface area contributed by atoms with Gasteiger partial charge in [0.15, 0.2) is 0 Å². The summed E-state index contributed by atoms with van der Waals surface area (Å²) in [4.78, 5) is 8.56. The first-order valence-electron chi connectivity index (χ1n) is 10.6. The predicted molar refractivity (Wildman–Crippen MR) is 134 cm³/mol. The van der Waals surface area contributed by atoms with Crippen molar-refractivity contribution in [3.8, 4) is 0 Å². The molecule has 0 rings (SSSR count). The van der Waals surface area contributed by atoms with Gasteiger partial charge >= 0.3 is 0 Å². The van der Waals surface area contributed by atoms with Crippen molar-refractivity contribution in [1.29, 1.82) is 0 Å². The Morgan fingerprint density at radius 1 is 0.897 bits per heavy atom. The van der Waals surface area contributed by atoms with E-state index >= 15 is 0 Å². The van der Waals surface area contributed by atoms with Crippen LogP contribution in [0.5, 0.6) is 0 Å². The molecule has 0 radical (unpaired) electrons. The molecule has 0 aromatic heterocycles. The minimum Gasteiger partial charge on any atom is -0.246 e. The minimum absolute atomic E-state index is 0.760. The summed E-state index contributed by atoms with van der Waals surface area (Å²) in [6.07, 6.45) is 26.4. The van der Waals surface area contributed by atoms with E-state index in [0.29, 0.717) is 0 Å². The Morgan fingerprint density at radius 3 is 2.07 bits per heavy atom. The van der Waals surface area contributed by atoms with E-state index in [1.807, 2.05) is 13.8 Å². The summed E-state index contributed by atoms with van der Waals surface area (Å²) >= 11 is 0. The van der Waals surface area contributed by atoms with Crippen molar-refractivity contribution in [3.63, 3.8) is 0 Å². The molecule has 0 saturated carbocycles. The van der Waals surface area contributed by atoms with Crippen molar-refractivity contribution in [2.45, 2.75) is 73.6 Å². The van der Waals surface area contributed by atoms with E-state index in [-0.39, 0.29) is 0 Å². The Labute approximate surface area is 179 Å². The van der Waals surface area contributed by atoms with Crippen molar-refractivity contribution in [1.82, 2.24) is 0 Å². The molecule has 0 bridgehead atoms. The first-order valence-corrected chi connectivity index (χ1v) is 10.6. The normalized spacial score (nSPS) is 13.7. The molecule has 29 heavy (non-hydrogen) atoms. The van der Waals surface area contributed by atoms with E-state index in [0.717, 1.165) is 37.1 Å². The third-order valence-electron chi connectivity index (χ3n) is 4.04. The van der Waals surface area contributed by atoms with Gasteiger partial charge in [-0.05, 0) is 65.0 Å². The Morgan fingerprint density at radius 2 is 1.52 bits per heavy atom. The maximum atomic E-state index is 4.43. The highest BCUT2D eigenvalue weighted by Crippen LogP contribution is 2.21. The SMILES string of the molecule is C=C(C)N=CN=C(C)CC(=C(C)C)C(/C=C\C)=C/C=C/CC/C=C\C=C/CCC. The van der Waals surface area contributed by atoms with Gasteiger partial charge < -0.3 is 0 Å². The Kier molecular flexibility index (Phi) is 16.1. The van der Waals surface area contributed by atoms with Crippen LogP contribution < -0.4 is 0 Å². The fourth-order valence-corrected chi connectivity index (χ4v) is 2.51. The predicted octanol–water partition coefficient (Wildman–Crippen LogP) is 8.49. The number of allylic oxidation sites excluding steroid dienone is 13. The minimum atomic E-state index is 0.760. The Bertz CT molecular complexity index is 716. The zero-order valence-corrected chi connectivity index (χ0v) is 19.4. The van der Waals surface area contributed by atoms with Gasteiger partial charge in [0.2, 0.25) is 0 Å². The molecule has 0 N–H and O–H groups in total. The summed E-state index contributed by atoms with van der Waals surface area (Å²) in [5.41, 5.74) is 5.63. The van der Waals surface area contributed by atoms with Crippen LogP contribution in [-0.2, 0) is 0 Å². The van der Waals surface area contributed by atoms with Crippen molar-refractivity contribution < 1.29 is 0 Å². The third-order valence-corrected chi connectivity index (χ3v) is 4.04. The van der Waals surface area contributed by atoms with E-state index < -0.39 is 0 Å². The lowest BCUT2D eigenvalue weighted by molar-refractivity contribution is 0.958. The molecule has 0 saturated heterocycles. The van der Waals surface area contributed by atoms with E-state index in [1.165, 1.54) is 23.1 Å². The highest BCUT2D eigenvalue weighted by atomic mass is 14.9. The van der Waals surface area contributed by atoms with E-state index in [1.54, 1.807) is 6.34 Å². The highest BCUT2D eigenvalue weighted by Gasteiger charge is 2.06. The maximum Gasteiger partial charge on any atom is 0.115 e. The van der Waals surface area contributed by atoms with Gasteiger partial charge in [-0.15, -0.1) is 0 Å². The van der Waals surface area contributed by atoms with Crippen LogP contribution in [0, 0.1) is 0 Å². The molecule has 2 nitrogen and oxygen atoms in total. The smallest absolute Gasteiger partial charge is 0.115 e. The molecule has 0 aliphatic carbocycles. The molecular formula is C27H40N2. The molecule has 0 aliphatic rings. The molecule has 0 fully saturated rings.